The zero-order valence-electron chi connectivity index (χ0n) is 18.8. The first-order chi connectivity index (χ1) is 17.1. The number of nitrogens with zero attached hydrogens (tertiary/aromatic N) is 3. The number of para-hydroxylation sites is 1. The Kier molecular flexibility index (Phi) is 5.69. The topological polar surface area (TPSA) is 123 Å². The third-order valence-corrected chi connectivity index (χ3v) is 7.78. The van der Waals surface area contributed by atoms with Crippen molar-refractivity contribution in [3.8, 4) is 10.6 Å². The number of hydrogen-bond acceptors (Lipinski definition) is 9. The molecule has 35 heavy (non-hydrogen) atoms. The van der Waals surface area contributed by atoms with Gasteiger partial charge in [0.2, 0.25) is 5.95 Å². The van der Waals surface area contributed by atoms with E-state index in [4.69, 9.17) is 9.97 Å². The van der Waals surface area contributed by atoms with Crippen molar-refractivity contribution >= 4 is 45.1 Å². The summed E-state index contributed by atoms with van der Waals surface area (Å²) in [5, 5.41) is 37.8. The molecule has 4 aromatic rings. The number of fused-ring (bicyclic) bond motifs is 2. The van der Waals surface area contributed by atoms with Crippen LogP contribution in [0.1, 0.15) is 17.5 Å². The Hall–Kier alpha value is -3.37. The van der Waals surface area contributed by atoms with Crippen LogP contribution in [0.4, 0.5) is 17.5 Å². The van der Waals surface area contributed by atoms with Gasteiger partial charge in [-0.2, -0.15) is 4.98 Å². The number of nitrogens with one attached hydrogen (secondary N) is 2. The molecule has 0 amide bonds. The van der Waals surface area contributed by atoms with Crippen LogP contribution in [0.3, 0.4) is 0 Å². The lowest BCUT2D eigenvalue weighted by Gasteiger charge is -2.20. The Balaban J connectivity index is 1.36. The van der Waals surface area contributed by atoms with Crippen molar-refractivity contribution in [2.75, 3.05) is 17.2 Å². The minimum Gasteiger partial charge on any atom is -0.396 e. The van der Waals surface area contributed by atoms with Crippen LogP contribution >= 0.6 is 11.3 Å². The Labute approximate surface area is 206 Å². The lowest BCUT2D eigenvalue weighted by atomic mass is 10.1. The quantitative estimate of drug-likeness (QED) is 0.280. The SMILES string of the molecule is OC[C@H]1C[C@@H](Nc2nc(Nc3ccc4c(c3)C=CC4)ncc2-c2nc3ccccc3s2)[C@H](O)[C@@H]1O. The second-order valence-electron chi connectivity index (χ2n) is 9.00. The van der Waals surface area contributed by atoms with Gasteiger partial charge >= 0.3 is 0 Å². The van der Waals surface area contributed by atoms with Gasteiger partial charge in [-0.25, -0.2) is 9.97 Å². The van der Waals surface area contributed by atoms with Crippen LogP contribution in [-0.2, 0) is 6.42 Å². The summed E-state index contributed by atoms with van der Waals surface area (Å²) >= 11 is 1.54. The average Bonchev–Trinajstić information content (AvgIpc) is 3.58. The minimum atomic E-state index is -1.02. The van der Waals surface area contributed by atoms with Crippen molar-refractivity contribution in [2.24, 2.45) is 5.92 Å². The zero-order valence-corrected chi connectivity index (χ0v) is 19.6. The number of aliphatic hydroxyl groups is 3. The molecule has 2 aromatic heterocycles. The molecule has 9 heteroatoms. The number of allylic oxidation sites excluding steroid dienone is 1. The van der Waals surface area contributed by atoms with E-state index in [0.29, 0.717) is 23.8 Å². The molecular formula is C26H25N5O3S. The van der Waals surface area contributed by atoms with Crippen molar-refractivity contribution in [1.82, 2.24) is 15.0 Å². The molecule has 2 aromatic carbocycles. The van der Waals surface area contributed by atoms with E-state index in [1.165, 1.54) is 11.1 Å². The van der Waals surface area contributed by atoms with E-state index >= 15 is 0 Å². The number of aliphatic hydroxyl groups excluding tert-OH is 3. The summed E-state index contributed by atoms with van der Waals surface area (Å²) in [4.78, 5) is 14.0. The highest BCUT2D eigenvalue weighted by molar-refractivity contribution is 7.21. The molecule has 1 fully saturated rings. The van der Waals surface area contributed by atoms with Crippen LogP contribution in [0.5, 0.6) is 0 Å². The number of rotatable bonds is 6. The van der Waals surface area contributed by atoms with Crippen molar-refractivity contribution in [3.63, 3.8) is 0 Å². The van der Waals surface area contributed by atoms with Crippen molar-refractivity contribution in [3.05, 3.63) is 65.9 Å². The van der Waals surface area contributed by atoms with Gasteiger partial charge in [-0.3, -0.25) is 0 Å². The van der Waals surface area contributed by atoms with Gasteiger partial charge in [-0.1, -0.05) is 30.4 Å². The summed E-state index contributed by atoms with van der Waals surface area (Å²) in [7, 11) is 0. The van der Waals surface area contributed by atoms with Gasteiger partial charge in [0.1, 0.15) is 16.9 Å². The van der Waals surface area contributed by atoms with Crippen LogP contribution in [0.2, 0.25) is 0 Å². The maximum atomic E-state index is 10.6. The fraction of sp³-hybridized carbons (Fsp3) is 0.269. The first-order valence-corrected chi connectivity index (χ1v) is 12.4. The van der Waals surface area contributed by atoms with Crippen LogP contribution in [0.25, 0.3) is 26.9 Å². The molecule has 2 aliphatic rings. The molecule has 0 unspecified atom stereocenters. The molecule has 1 saturated carbocycles. The summed E-state index contributed by atoms with van der Waals surface area (Å²) < 4.78 is 1.05. The van der Waals surface area contributed by atoms with Crippen LogP contribution in [0.15, 0.2) is 54.7 Å². The van der Waals surface area contributed by atoms with Crippen molar-refractivity contribution in [1.29, 1.82) is 0 Å². The third-order valence-electron chi connectivity index (χ3n) is 6.71. The number of anilines is 3. The molecule has 5 N–H and O–H groups in total. The standard InChI is InChI=1S/C26H25N5O3S/c32-13-16-11-20(23(34)22(16)33)29-24-18(25-30-19-6-1-2-7-21(19)35-25)12-27-26(31-24)28-17-9-8-14-4-3-5-15(14)10-17/h1-3,5-10,12,16,20,22-23,32-34H,4,11,13H2,(H2,27,28,29,31)/t16-,20-,22-,23+/m1/s1. The molecule has 178 valence electrons. The molecule has 0 bridgehead atoms. The van der Waals surface area contributed by atoms with E-state index in [9.17, 15) is 15.3 Å². The molecule has 2 heterocycles. The molecular weight excluding hydrogens is 462 g/mol. The van der Waals surface area contributed by atoms with Crippen molar-refractivity contribution in [2.45, 2.75) is 31.1 Å². The summed E-state index contributed by atoms with van der Waals surface area (Å²) in [6.45, 7) is -0.190. The molecule has 2 aliphatic carbocycles. The average molecular weight is 488 g/mol. The highest BCUT2D eigenvalue weighted by atomic mass is 32.1. The summed E-state index contributed by atoms with van der Waals surface area (Å²) in [6.07, 6.45) is 5.32. The molecule has 0 aliphatic heterocycles. The van der Waals surface area contributed by atoms with E-state index in [-0.39, 0.29) is 6.61 Å². The normalized spacial score (nSPS) is 23.1. The summed E-state index contributed by atoms with van der Waals surface area (Å²) in [6, 6.07) is 13.6. The Bertz CT molecular complexity index is 1390. The predicted molar refractivity (Wildman–Crippen MR) is 138 cm³/mol. The molecule has 4 atom stereocenters. The summed E-state index contributed by atoms with van der Waals surface area (Å²) in [5.74, 6) is 0.524. The number of thiazole rings is 1. The van der Waals surface area contributed by atoms with Crippen LogP contribution in [0, 0.1) is 5.92 Å². The monoisotopic (exact) mass is 487 g/mol. The fourth-order valence-electron chi connectivity index (χ4n) is 4.78. The largest absolute Gasteiger partial charge is 0.396 e. The van der Waals surface area contributed by atoms with Crippen molar-refractivity contribution < 1.29 is 15.3 Å². The third kappa shape index (κ3) is 4.17. The summed E-state index contributed by atoms with van der Waals surface area (Å²) in [5.41, 5.74) is 4.95. The Morgan fingerprint density at radius 2 is 1.94 bits per heavy atom. The van der Waals surface area contributed by atoms with Crippen LogP contribution < -0.4 is 10.6 Å². The molecule has 0 saturated heterocycles. The van der Waals surface area contributed by atoms with Crippen LogP contribution in [-0.4, -0.2) is 55.1 Å². The van der Waals surface area contributed by atoms with E-state index in [0.717, 1.165) is 27.3 Å². The van der Waals surface area contributed by atoms with Gasteiger partial charge in [0, 0.05) is 24.4 Å². The number of hydrogen-bond donors (Lipinski definition) is 5. The maximum Gasteiger partial charge on any atom is 0.229 e. The lowest BCUT2D eigenvalue weighted by molar-refractivity contribution is 0.00446. The zero-order chi connectivity index (χ0) is 23.9. The highest BCUT2D eigenvalue weighted by Crippen LogP contribution is 2.36. The second-order valence-corrected chi connectivity index (χ2v) is 10.0. The van der Waals surface area contributed by atoms with Gasteiger partial charge in [-0.05, 0) is 48.2 Å². The molecule has 8 nitrogen and oxygen atoms in total. The first-order valence-electron chi connectivity index (χ1n) is 11.6. The van der Waals surface area contributed by atoms with Gasteiger partial charge in [-0.15, -0.1) is 11.3 Å². The minimum absolute atomic E-state index is 0.190. The van der Waals surface area contributed by atoms with E-state index in [2.05, 4.69) is 39.9 Å². The van der Waals surface area contributed by atoms with Gasteiger partial charge < -0.3 is 26.0 Å². The predicted octanol–water partition coefficient (Wildman–Crippen LogP) is 3.58. The van der Waals surface area contributed by atoms with E-state index in [1.807, 2.05) is 30.3 Å². The maximum absolute atomic E-state index is 10.6. The van der Waals surface area contributed by atoms with Gasteiger partial charge in [0.15, 0.2) is 0 Å². The van der Waals surface area contributed by atoms with E-state index < -0.39 is 24.2 Å². The van der Waals surface area contributed by atoms with Gasteiger partial charge in [0.25, 0.3) is 0 Å². The molecule has 0 radical (unpaired) electrons. The Morgan fingerprint density at radius 1 is 1.06 bits per heavy atom. The smallest absolute Gasteiger partial charge is 0.229 e. The number of aromatic nitrogens is 3. The fourth-order valence-corrected chi connectivity index (χ4v) is 5.75. The Morgan fingerprint density at radius 3 is 2.77 bits per heavy atom. The van der Waals surface area contributed by atoms with Gasteiger partial charge in [0.05, 0.1) is 27.9 Å². The number of benzene rings is 2. The molecule has 6 rings (SSSR count). The lowest BCUT2D eigenvalue weighted by Crippen LogP contribution is -2.35. The van der Waals surface area contributed by atoms with E-state index in [1.54, 1.807) is 17.5 Å². The molecule has 0 spiro atoms. The first kappa shape index (κ1) is 22.1. The highest BCUT2D eigenvalue weighted by Gasteiger charge is 2.41. The second kappa shape index (κ2) is 9.01.